The summed E-state index contributed by atoms with van der Waals surface area (Å²) in [5, 5.41) is 0. The second-order valence-corrected chi connectivity index (χ2v) is 4.52. The van der Waals surface area contributed by atoms with Crippen LogP contribution in [-0.2, 0) is 9.53 Å². The maximum atomic E-state index is 11.4. The minimum atomic E-state index is -0.140. The van der Waals surface area contributed by atoms with Crippen LogP contribution in [0.5, 0.6) is 0 Å². The van der Waals surface area contributed by atoms with Gasteiger partial charge in [-0.1, -0.05) is 0 Å². The summed E-state index contributed by atoms with van der Waals surface area (Å²) < 4.78 is 4.77. The molecule has 1 rings (SSSR count). The molecule has 0 bridgehead atoms. The minimum absolute atomic E-state index is 0.131. The van der Waals surface area contributed by atoms with E-state index in [0.29, 0.717) is 12.1 Å². The lowest BCUT2D eigenvalue weighted by molar-refractivity contribution is -0.147. The van der Waals surface area contributed by atoms with Crippen LogP contribution in [0.3, 0.4) is 0 Å². The molecule has 0 aromatic heterocycles. The van der Waals surface area contributed by atoms with Gasteiger partial charge in [0.15, 0.2) is 0 Å². The standard InChI is InChI=1S/C11H22N2O2/c1-8-6-13(7-9(2)12(8)4)10(3)11(14)15-5/h8-10H,6-7H2,1-5H3/t8-,9-,10+/m0/s1. The van der Waals surface area contributed by atoms with Crippen LogP contribution in [0, 0.1) is 0 Å². The van der Waals surface area contributed by atoms with Gasteiger partial charge in [-0.05, 0) is 27.8 Å². The van der Waals surface area contributed by atoms with Gasteiger partial charge in [-0.25, -0.2) is 0 Å². The van der Waals surface area contributed by atoms with Crippen molar-refractivity contribution < 1.29 is 9.53 Å². The summed E-state index contributed by atoms with van der Waals surface area (Å²) in [5.74, 6) is -0.140. The Labute approximate surface area is 92.2 Å². The zero-order valence-corrected chi connectivity index (χ0v) is 10.4. The molecule has 1 aliphatic rings. The molecule has 0 aromatic carbocycles. The molecule has 0 N–H and O–H groups in total. The molecule has 1 aliphatic heterocycles. The van der Waals surface area contributed by atoms with Crippen LogP contribution in [0.4, 0.5) is 0 Å². The van der Waals surface area contributed by atoms with Crippen molar-refractivity contribution in [1.82, 2.24) is 9.80 Å². The van der Waals surface area contributed by atoms with E-state index in [1.165, 1.54) is 7.11 Å². The first-order valence-electron chi connectivity index (χ1n) is 5.51. The zero-order valence-electron chi connectivity index (χ0n) is 10.4. The zero-order chi connectivity index (χ0) is 11.6. The lowest BCUT2D eigenvalue weighted by atomic mass is 10.1. The summed E-state index contributed by atoms with van der Waals surface area (Å²) in [4.78, 5) is 16.0. The highest BCUT2D eigenvalue weighted by Crippen LogP contribution is 2.16. The number of piperazine rings is 1. The normalized spacial score (nSPS) is 31.3. The van der Waals surface area contributed by atoms with Crippen LogP contribution >= 0.6 is 0 Å². The number of methoxy groups -OCH3 is 1. The summed E-state index contributed by atoms with van der Waals surface area (Å²) in [6, 6.07) is 0.843. The molecule has 4 nitrogen and oxygen atoms in total. The van der Waals surface area contributed by atoms with E-state index in [-0.39, 0.29) is 12.0 Å². The third-order valence-corrected chi connectivity index (χ3v) is 3.48. The Kier molecular flexibility index (Phi) is 4.11. The first-order valence-corrected chi connectivity index (χ1v) is 5.51. The fraction of sp³-hybridized carbons (Fsp3) is 0.909. The van der Waals surface area contributed by atoms with Gasteiger partial charge in [-0.3, -0.25) is 14.6 Å². The fourth-order valence-corrected chi connectivity index (χ4v) is 2.08. The van der Waals surface area contributed by atoms with E-state index in [1.54, 1.807) is 0 Å². The average molecular weight is 214 g/mol. The molecule has 15 heavy (non-hydrogen) atoms. The Morgan fingerprint density at radius 2 is 1.80 bits per heavy atom. The number of nitrogens with zero attached hydrogens (tertiary/aromatic N) is 2. The maximum Gasteiger partial charge on any atom is 0.322 e. The highest BCUT2D eigenvalue weighted by Gasteiger charge is 2.31. The van der Waals surface area contributed by atoms with Gasteiger partial charge in [0.25, 0.3) is 0 Å². The second kappa shape index (κ2) is 4.94. The van der Waals surface area contributed by atoms with E-state index < -0.39 is 0 Å². The van der Waals surface area contributed by atoms with Gasteiger partial charge >= 0.3 is 5.97 Å². The van der Waals surface area contributed by atoms with Gasteiger partial charge in [-0.15, -0.1) is 0 Å². The van der Waals surface area contributed by atoms with Gasteiger partial charge in [0.2, 0.25) is 0 Å². The van der Waals surface area contributed by atoms with Crippen molar-refractivity contribution in [2.75, 3.05) is 27.2 Å². The number of likely N-dealkylation sites (N-methyl/N-ethyl adjacent to an activating group) is 1. The lowest BCUT2D eigenvalue weighted by Gasteiger charge is -2.44. The summed E-state index contributed by atoms with van der Waals surface area (Å²) in [7, 11) is 3.58. The molecule has 0 aliphatic carbocycles. The molecule has 1 heterocycles. The van der Waals surface area contributed by atoms with Crippen molar-refractivity contribution in [3.05, 3.63) is 0 Å². The first-order chi connectivity index (χ1) is 6.97. The second-order valence-electron chi connectivity index (χ2n) is 4.52. The third kappa shape index (κ3) is 2.69. The van der Waals surface area contributed by atoms with Crippen molar-refractivity contribution >= 4 is 5.97 Å². The monoisotopic (exact) mass is 214 g/mol. The average Bonchev–Trinajstić information content (AvgIpc) is 2.23. The smallest absolute Gasteiger partial charge is 0.322 e. The number of carbonyl (C=O) groups is 1. The Balaban J connectivity index is 2.61. The predicted molar refractivity (Wildman–Crippen MR) is 59.7 cm³/mol. The highest BCUT2D eigenvalue weighted by molar-refractivity contribution is 5.75. The molecule has 1 fully saturated rings. The van der Waals surface area contributed by atoms with Crippen LogP contribution in [0.25, 0.3) is 0 Å². The van der Waals surface area contributed by atoms with Crippen molar-refractivity contribution in [3.63, 3.8) is 0 Å². The van der Waals surface area contributed by atoms with Crippen molar-refractivity contribution in [3.8, 4) is 0 Å². The van der Waals surface area contributed by atoms with E-state index >= 15 is 0 Å². The number of rotatable bonds is 2. The number of carbonyl (C=O) groups excluding carboxylic acids is 1. The Morgan fingerprint density at radius 3 is 2.20 bits per heavy atom. The molecule has 0 spiro atoms. The highest BCUT2D eigenvalue weighted by atomic mass is 16.5. The van der Waals surface area contributed by atoms with Crippen LogP contribution < -0.4 is 0 Å². The number of esters is 1. The molecule has 0 amide bonds. The summed E-state index contributed by atoms with van der Waals surface area (Å²) in [6.45, 7) is 8.14. The third-order valence-electron chi connectivity index (χ3n) is 3.48. The number of ether oxygens (including phenoxy) is 1. The SMILES string of the molecule is COC(=O)[C@@H](C)N1C[C@H](C)N(C)[C@@H](C)C1. The molecule has 0 saturated carbocycles. The van der Waals surface area contributed by atoms with Crippen LogP contribution in [-0.4, -0.2) is 61.1 Å². The number of hydrogen-bond donors (Lipinski definition) is 0. The minimum Gasteiger partial charge on any atom is -0.468 e. The molecule has 88 valence electrons. The Bertz CT molecular complexity index is 221. The summed E-state index contributed by atoms with van der Waals surface area (Å²) in [6.07, 6.45) is 0. The number of hydrogen-bond acceptors (Lipinski definition) is 4. The van der Waals surface area contributed by atoms with Crippen molar-refractivity contribution in [2.24, 2.45) is 0 Å². The van der Waals surface area contributed by atoms with Gasteiger partial charge in [0.1, 0.15) is 6.04 Å². The molecule has 0 radical (unpaired) electrons. The van der Waals surface area contributed by atoms with Crippen LogP contribution in [0.15, 0.2) is 0 Å². The van der Waals surface area contributed by atoms with Gasteiger partial charge in [0.05, 0.1) is 7.11 Å². The maximum absolute atomic E-state index is 11.4. The lowest BCUT2D eigenvalue weighted by Crippen LogP contribution is -2.58. The molecule has 0 unspecified atom stereocenters. The molecule has 0 aromatic rings. The molecular formula is C11H22N2O2. The van der Waals surface area contributed by atoms with Crippen molar-refractivity contribution in [1.29, 1.82) is 0 Å². The van der Waals surface area contributed by atoms with E-state index in [2.05, 4.69) is 30.7 Å². The van der Waals surface area contributed by atoms with E-state index in [9.17, 15) is 4.79 Å². The van der Waals surface area contributed by atoms with E-state index in [1.807, 2.05) is 6.92 Å². The van der Waals surface area contributed by atoms with Crippen LogP contribution in [0.2, 0.25) is 0 Å². The van der Waals surface area contributed by atoms with E-state index in [4.69, 9.17) is 4.74 Å². The van der Waals surface area contributed by atoms with Gasteiger partial charge in [0, 0.05) is 25.2 Å². The molecule has 4 heteroatoms. The molecule has 3 atom stereocenters. The molecular weight excluding hydrogens is 192 g/mol. The fourth-order valence-electron chi connectivity index (χ4n) is 2.08. The van der Waals surface area contributed by atoms with Gasteiger partial charge < -0.3 is 4.74 Å². The van der Waals surface area contributed by atoms with E-state index in [0.717, 1.165) is 13.1 Å². The molecule has 1 saturated heterocycles. The predicted octanol–water partition coefficient (Wildman–Crippen LogP) is 0.572. The van der Waals surface area contributed by atoms with Crippen molar-refractivity contribution in [2.45, 2.75) is 38.9 Å². The summed E-state index contributed by atoms with van der Waals surface area (Å²) in [5.41, 5.74) is 0. The summed E-state index contributed by atoms with van der Waals surface area (Å²) >= 11 is 0. The quantitative estimate of drug-likeness (QED) is 0.629. The van der Waals surface area contributed by atoms with Crippen LogP contribution in [0.1, 0.15) is 20.8 Å². The Hall–Kier alpha value is -0.610. The van der Waals surface area contributed by atoms with Gasteiger partial charge in [-0.2, -0.15) is 0 Å². The first kappa shape index (κ1) is 12.5. The largest absolute Gasteiger partial charge is 0.468 e. The Morgan fingerprint density at radius 1 is 1.33 bits per heavy atom. The topological polar surface area (TPSA) is 32.8 Å².